The maximum atomic E-state index is 12.2. The predicted molar refractivity (Wildman–Crippen MR) is 67.0 cm³/mol. The summed E-state index contributed by atoms with van der Waals surface area (Å²) >= 11 is 0. The number of carbonyl (C=O) groups is 1. The van der Waals surface area contributed by atoms with E-state index in [2.05, 4.69) is 13.8 Å². The highest BCUT2D eigenvalue weighted by molar-refractivity contribution is 5.94. The smallest absolute Gasteiger partial charge is 0.253 e. The van der Waals surface area contributed by atoms with Crippen LogP contribution in [0, 0.1) is 11.8 Å². The third-order valence-corrected chi connectivity index (χ3v) is 3.71. The maximum absolute atomic E-state index is 12.2. The second-order valence-electron chi connectivity index (χ2n) is 5.04. The lowest BCUT2D eigenvalue weighted by atomic mass is 9.88. The topological polar surface area (TPSA) is 40.5 Å². The number of aromatic hydroxyl groups is 1. The zero-order chi connectivity index (χ0) is 12.4. The Morgan fingerprint density at radius 2 is 2.12 bits per heavy atom. The molecule has 1 heterocycles. The number of hydrogen-bond donors (Lipinski definition) is 1. The Hall–Kier alpha value is -1.51. The van der Waals surface area contributed by atoms with E-state index in [1.165, 1.54) is 6.07 Å². The van der Waals surface area contributed by atoms with Gasteiger partial charge in [-0.1, -0.05) is 19.9 Å². The van der Waals surface area contributed by atoms with Crippen molar-refractivity contribution in [3.8, 4) is 5.75 Å². The van der Waals surface area contributed by atoms with Crippen molar-refractivity contribution in [2.75, 3.05) is 13.1 Å². The molecule has 2 atom stereocenters. The van der Waals surface area contributed by atoms with Crippen LogP contribution in [0.15, 0.2) is 24.3 Å². The monoisotopic (exact) mass is 233 g/mol. The molecule has 0 aliphatic carbocycles. The van der Waals surface area contributed by atoms with Gasteiger partial charge in [0.1, 0.15) is 5.75 Å². The van der Waals surface area contributed by atoms with Crippen LogP contribution in [0.5, 0.6) is 5.75 Å². The number of piperidine rings is 1. The van der Waals surface area contributed by atoms with Crippen LogP contribution >= 0.6 is 0 Å². The zero-order valence-corrected chi connectivity index (χ0v) is 10.4. The summed E-state index contributed by atoms with van der Waals surface area (Å²) in [4.78, 5) is 14.1. The summed E-state index contributed by atoms with van der Waals surface area (Å²) in [6.45, 7) is 6.06. The molecule has 17 heavy (non-hydrogen) atoms. The molecular formula is C14H19NO2. The first kappa shape index (κ1) is 12.0. The second kappa shape index (κ2) is 4.78. The van der Waals surface area contributed by atoms with Crippen LogP contribution in [0.2, 0.25) is 0 Å². The molecule has 2 rings (SSSR count). The minimum atomic E-state index is 0.0275. The van der Waals surface area contributed by atoms with Gasteiger partial charge in [-0.25, -0.2) is 0 Å². The number of nitrogens with zero attached hydrogens (tertiary/aromatic N) is 1. The lowest BCUT2D eigenvalue weighted by Crippen LogP contribution is -2.42. The molecule has 1 aromatic rings. The van der Waals surface area contributed by atoms with Crippen LogP contribution in [0.3, 0.4) is 0 Å². The third kappa shape index (κ3) is 2.60. The van der Waals surface area contributed by atoms with E-state index in [0.717, 1.165) is 19.5 Å². The molecule has 1 aromatic carbocycles. The molecule has 0 saturated carbocycles. The summed E-state index contributed by atoms with van der Waals surface area (Å²) in [6, 6.07) is 6.58. The molecule has 1 aliphatic heterocycles. The first-order chi connectivity index (χ1) is 8.08. The summed E-state index contributed by atoms with van der Waals surface area (Å²) < 4.78 is 0. The Bertz CT molecular complexity index is 416. The Labute approximate surface area is 102 Å². The van der Waals surface area contributed by atoms with Crippen molar-refractivity contribution in [1.29, 1.82) is 0 Å². The normalized spacial score (nSPS) is 24.7. The van der Waals surface area contributed by atoms with E-state index < -0.39 is 0 Å². The van der Waals surface area contributed by atoms with E-state index in [9.17, 15) is 9.90 Å². The molecule has 1 N–H and O–H groups in total. The summed E-state index contributed by atoms with van der Waals surface area (Å²) in [7, 11) is 0. The Morgan fingerprint density at radius 1 is 1.35 bits per heavy atom. The molecule has 0 aromatic heterocycles. The van der Waals surface area contributed by atoms with Crippen molar-refractivity contribution in [1.82, 2.24) is 4.90 Å². The van der Waals surface area contributed by atoms with Gasteiger partial charge in [-0.2, -0.15) is 0 Å². The number of carbonyl (C=O) groups excluding carboxylic acids is 1. The zero-order valence-electron chi connectivity index (χ0n) is 10.4. The molecule has 1 amide bonds. The molecule has 1 saturated heterocycles. The van der Waals surface area contributed by atoms with Gasteiger partial charge in [0, 0.05) is 18.7 Å². The number of rotatable bonds is 1. The molecule has 0 bridgehead atoms. The number of phenols is 1. The number of phenolic OH excluding ortho intramolecular Hbond substituents is 1. The van der Waals surface area contributed by atoms with Gasteiger partial charge >= 0.3 is 0 Å². The summed E-state index contributed by atoms with van der Waals surface area (Å²) in [5.74, 6) is 1.40. The van der Waals surface area contributed by atoms with Gasteiger partial charge in [0.25, 0.3) is 5.91 Å². The highest BCUT2D eigenvalue weighted by atomic mass is 16.3. The van der Waals surface area contributed by atoms with Crippen LogP contribution in [-0.2, 0) is 0 Å². The van der Waals surface area contributed by atoms with Gasteiger partial charge in [0.2, 0.25) is 0 Å². The van der Waals surface area contributed by atoms with Crippen molar-refractivity contribution >= 4 is 5.91 Å². The van der Waals surface area contributed by atoms with E-state index in [4.69, 9.17) is 0 Å². The summed E-state index contributed by atoms with van der Waals surface area (Å²) in [6.07, 6.45) is 1.06. The fraction of sp³-hybridized carbons (Fsp3) is 0.500. The fourth-order valence-corrected chi connectivity index (χ4v) is 2.27. The fourth-order valence-electron chi connectivity index (χ4n) is 2.27. The van der Waals surface area contributed by atoms with E-state index >= 15 is 0 Å². The van der Waals surface area contributed by atoms with Crippen molar-refractivity contribution < 1.29 is 9.90 Å². The SMILES string of the molecule is CC1CCN(C(=O)c2cccc(O)c2)CC1C. The van der Waals surface area contributed by atoms with Gasteiger partial charge < -0.3 is 10.0 Å². The van der Waals surface area contributed by atoms with Crippen LogP contribution in [0.25, 0.3) is 0 Å². The van der Waals surface area contributed by atoms with Crippen molar-refractivity contribution in [2.24, 2.45) is 11.8 Å². The van der Waals surface area contributed by atoms with E-state index in [-0.39, 0.29) is 11.7 Å². The van der Waals surface area contributed by atoms with E-state index in [1.807, 2.05) is 4.90 Å². The van der Waals surface area contributed by atoms with Gasteiger partial charge in [0.05, 0.1) is 0 Å². The summed E-state index contributed by atoms with van der Waals surface area (Å²) in [5, 5.41) is 9.38. The minimum absolute atomic E-state index is 0.0275. The average molecular weight is 233 g/mol. The van der Waals surface area contributed by atoms with Crippen LogP contribution in [0.1, 0.15) is 30.6 Å². The first-order valence-electron chi connectivity index (χ1n) is 6.16. The van der Waals surface area contributed by atoms with Gasteiger partial charge in [-0.05, 0) is 36.5 Å². The number of hydrogen-bond acceptors (Lipinski definition) is 2. The van der Waals surface area contributed by atoms with Crippen molar-refractivity contribution in [3.05, 3.63) is 29.8 Å². The maximum Gasteiger partial charge on any atom is 0.253 e. The average Bonchev–Trinajstić information content (AvgIpc) is 2.32. The highest BCUT2D eigenvalue weighted by Gasteiger charge is 2.26. The largest absolute Gasteiger partial charge is 0.508 e. The Balaban J connectivity index is 2.10. The van der Waals surface area contributed by atoms with Crippen LogP contribution in [-0.4, -0.2) is 29.0 Å². The van der Waals surface area contributed by atoms with Crippen molar-refractivity contribution in [3.63, 3.8) is 0 Å². The highest BCUT2D eigenvalue weighted by Crippen LogP contribution is 2.24. The number of benzene rings is 1. The van der Waals surface area contributed by atoms with Gasteiger partial charge in [-0.3, -0.25) is 4.79 Å². The molecule has 1 fully saturated rings. The molecule has 1 aliphatic rings. The molecule has 2 unspecified atom stereocenters. The number of likely N-dealkylation sites (tertiary alicyclic amines) is 1. The lowest BCUT2D eigenvalue weighted by Gasteiger charge is -2.35. The minimum Gasteiger partial charge on any atom is -0.508 e. The third-order valence-electron chi connectivity index (χ3n) is 3.71. The van der Waals surface area contributed by atoms with Crippen LogP contribution in [0.4, 0.5) is 0 Å². The molecule has 3 nitrogen and oxygen atoms in total. The Morgan fingerprint density at radius 3 is 2.76 bits per heavy atom. The van der Waals surface area contributed by atoms with Gasteiger partial charge in [0.15, 0.2) is 0 Å². The van der Waals surface area contributed by atoms with Crippen LogP contribution < -0.4 is 0 Å². The van der Waals surface area contributed by atoms with E-state index in [1.54, 1.807) is 18.2 Å². The van der Waals surface area contributed by atoms with E-state index in [0.29, 0.717) is 17.4 Å². The standard InChI is InChI=1S/C14H19NO2/c1-10-6-7-15(9-11(10)2)14(17)12-4-3-5-13(16)8-12/h3-5,8,10-11,16H,6-7,9H2,1-2H3. The molecule has 0 radical (unpaired) electrons. The number of amides is 1. The molecular weight excluding hydrogens is 214 g/mol. The van der Waals surface area contributed by atoms with Gasteiger partial charge in [-0.15, -0.1) is 0 Å². The van der Waals surface area contributed by atoms with Crippen molar-refractivity contribution in [2.45, 2.75) is 20.3 Å². The lowest BCUT2D eigenvalue weighted by molar-refractivity contribution is 0.0627. The predicted octanol–water partition coefficient (Wildman–Crippen LogP) is 2.51. The molecule has 3 heteroatoms. The first-order valence-corrected chi connectivity index (χ1v) is 6.16. The summed E-state index contributed by atoms with van der Waals surface area (Å²) in [5.41, 5.74) is 0.576. The second-order valence-corrected chi connectivity index (χ2v) is 5.04. The Kier molecular flexibility index (Phi) is 3.36. The molecule has 92 valence electrons. The quantitative estimate of drug-likeness (QED) is 0.809. The molecule has 0 spiro atoms.